The Kier molecular flexibility index (Phi) is 8.99. The molecule has 6 heteroatoms. The molecule has 0 saturated carbocycles. The molecule has 0 radical (unpaired) electrons. The third kappa shape index (κ3) is 6.23. The van der Waals surface area contributed by atoms with Gasteiger partial charge in [-0.15, -0.1) is 48.3 Å². The van der Waals surface area contributed by atoms with Gasteiger partial charge < -0.3 is 19.4 Å². The smallest absolute Gasteiger partial charge is 0.135 e. The topological polar surface area (TPSA) is 31.8 Å². The van der Waals surface area contributed by atoms with Gasteiger partial charge in [0.2, 0.25) is 0 Å². The van der Waals surface area contributed by atoms with Crippen LogP contribution in [0.3, 0.4) is 0 Å². The zero-order valence-electron chi connectivity index (χ0n) is 31.2. The fourth-order valence-corrected chi connectivity index (χ4v) is 7.72. The minimum atomic E-state index is -0.0514. The molecule has 0 bridgehead atoms. The minimum absolute atomic E-state index is 0. The molecule has 8 aromatic rings. The Bertz CT molecular complexity index is 2760. The van der Waals surface area contributed by atoms with Crippen LogP contribution in [0.1, 0.15) is 26.3 Å². The number of hydrogen-bond donors (Lipinski definition) is 0. The largest absolute Gasteiger partial charge is 0.509 e. The predicted octanol–water partition coefficient (Wildman–Crippen LogP) is 13.4. The fraction of sp³-hybridized carbons (Fsp3) is 0.0800. The third-order valence-corrected chi connectivity index (χ3v) is 10.5. The number of pyridine rings is 1. The summed E-state index contributed by atoms with van der Waals surface area (Å²) in [4.78, 5) is 11.6. The SMILES string of the molecule is CC(C)(C)c1ccnc(N2c3[c-]c(Oc4[c-]c(N5[CH-]N(c6ccc7ccccc7c6)c6ccccc65)ccc4)ccc3-c3ccccc3-c3ccccc32)c1.[Pt]. The quantitative estimate of drug-likeness (QED) is 0.161. The van der Waals surface area contributed by atoms with E-state index in [9.17, 15) is 0 Å². The molecule has 56 heavy (non-hydrogen) atoms. The molecular weight excluding hydrogens is 868 g/mol. The van der Waals surface area contributed by atoms with E-state index in [0.29, 0.717) is 11.5 Å². The second kappa shape index (κ2) is 14.2. The Morgan fingerprint density at radius 2 is 1.21 bits per heavy atom. The number of para-hydroxylation sites is 3. The standard InChI is InChI=1S/C50H37N4O.Pt/c1-50(2,3)36-27-28-51-49(30-36)54-45-20-9-8-19-43(45)41-17-6-7-18-42(41)44-26-25-40(32-48(44)54)55-39-16-12-15-37(31-39)52-33-53(47-22-11-10-21-46(47)52)38-24-23-34-13-4-5-14-35(34)29-38;/h4-30,33H,1-3H3;/q-3;. The van der Waals surface area contributed by atoms with Crippen molar-refractivity contribution in [3.8, 4) is 33.8 Å². The van der Waals surface area contributed by atoms with E-state index in [-0.39, 0.29) is 26.5 Å². The molecule has 0 atom stereocenters. The van der Waals surface area contributed by atoms with Crippen LogP contribution >= 0.6 is 0 Å². The monoisotopic (exact) mass is 904 g/mol. The Balaban J connectivity index is 0.00000410. The molecule has 0 spiro atoms. The van der Waals surface area contributed by atoms with Crippen LogP contribution in [-0.2, 0) is 26.5 Å². The van der Waals surface area contributed by atoms with Gasteiger partial charge in [-0.1, -0.05) is 117 Å². The molecule has 10 rings (SSSR count). The van der Waals surface area contributed by atoms with Crippen molar-refractivity contribution in [1.29, 1.82) is 0 Å². The number of hydrogen-bond acceptors (Lipinski definition) is 5. The average Bonchev–Trinajstić information content (AvgIpc) is 3.56. The van der Waals surface area contributed by atoms with Gasteiger partial charge in [0.1, 0.15) is 5.82 Å². The molecule has 2 aliphatic rings. The maximum Gasteiger partial charge on any atom is 0.135 e. The number of fused-ring (bicyclic) bond motifs is 7. The minimum Gasteiger partial charge on any atom is -0.509 e. The van der Waals surface area contributed by atoms with Crippen LogP contribution in [0.2, 0.25) is 0 Å². The van der Waals surface area contributed by atoms with E-state index >= 15 is 0 Å². The maximum atomic E-state index is 6.66. The van der Waals surface area contributed by atoms with Crippen molar-refractivity contribution in [2.75, 3.05) is 14.7 Å². The zero-order valence-corrected chi connectivity index (χ0v) is 33.5. The summed E-state index contributed by atoms with van der Waals surface area (Å²) in [7, 11) is 0. The third-order valence-electron chi connectivity index (χ3n) is 10.5. The van der Waals surface area contributed by atoms with Gasteiger partial charge >= 0.3 is 0 Å². The number of aromatic nitrogens is 1. The molecule has 1 aromatic heterocycles. The van der Waals surface area contributed by atoms with Crippen LogP contribution in [0, 0.1) is 18.8 Å². The number of nitrogens with zero attached hydrogens (tertiary/aromatic N) is 4. The van der Waals surface area contributed by atoms with Crippen LogP contribution < -0.4 is 19.4 Å². The first kappa shape index (κ1) is 35.5. The average molecular weight is 905 g/mol. The molecule has 2 aliphatic heterocycles. The molecule has 3 heterocycles. The predicted molar refractivity (Wildman–Crippen MR) is 225 cm³/mol. The van der Waals surface area contributed by atoms with Crippen molar-refractivity contribution in [2.45, 2.75) is 26.2 Å². The van der Waals surface area contributed by atoms with Gasteiger partial charge in [-0.2, -0.15) is 12.1 Å². The molecular formula is C50H37N4OPt-3. The van der Waals surface area contributed by atoms with E-state index in [1.54, 1.807) is 0 Å². The summed E-state index contributed by atoms with van der Waals surface area (Å²) in [6, 6.07) is 62.3. The summed E-state index contributed by atoms with van der Waals surface area (Å²) < 4.78 is 6.66. The van der Waals surface area contributed by atoms with E-state index in [1.165, 1.54) is 16.3 Å². The summed E-state index contributed by atoms with van der Waals surface area (Å²) in [5.41, 5.74) is 11.7. The summed E-state index contributed by atoms with van der Waals surface area (Å²) in [6.45, 7) is 8.82. The van der Waals surface area contributed by atoms with E-state index in [4.69, 9.17) is 9.72 Å². The summed E-state index contributed by atoms with van der Waals surface area (Å²) in [5.74, 6) is 2.01. The van der Waals surface area contributed by atoms with Crippen LogP contribution in [0.15, 0.2) is 164 Å². The van der Waals surface area contributed by atoms with E-state index in [1.807, 2.05) is 24.4 Å². The van der Waals surface area contributed by atoms with E-state index < -0.39 is 0 Å². The molecule has 0 fully saturated rings. The molecule has 0 unspecified atom stereocenters. The van der Waals surface area contributed by atoms with Crippen molar-refractivity contribution in [3.63, 3.8) is 0 Å². The van der Waals surface area contributed by atoms with Crippen LogP contribution in [-0.4, -0.2) is 4.98 Å². The molecule has 276 valence electrons. The Labute approximate surface area is 342 Å². The first-order valence-electron chi connectivity index (χ1n) is 18.6. The van der Waals surface area contributed by atoms with Gasteiger partial charge in [0.05, 0.1) is 5.69 Å². The Hall–Kier alpha value is -6.16. The van der Waals surface area contributed by atoms with Crippen LogP contribution in [0.4, 0.5) is 39.9 Å². The van der Waals surface area contributed by atoms with Gasteiger partial charge in [-0.05, 0) is 69.8 Å². The van der Waals surface area contributed by atoms with Crippen molar-refractivity contribution < 1.29 is 25.8 Å². The number of benzene rings is 7. The van der Waals surface area contributed by atoms with E-state index in [0.717, 1.165) is 62.2 Å². The second-order valence-electron chi connectivity index (χ2n) is 15.0. The van der Waals surface area contributed by atoms with Crippen molar-refractivity contribution in [3.05, 3.63) is 188 Å². The van der Waals surface area contributed by atoms with Crippen molar-refractivity contribution >= 4 is 50.7 Å². The normalized spacial score (nSPS) is 12.9. The first-order valence-corrected chi connectivity index (χ1v) is 18.6. The second-order valence-corrected chi connectivity index (χ2v) is 15.0. The molecule has 0 saturated heterocycles. The molecule has 0 N–H and O–H groups in total. The summed E-state index contributed by atoms with van der Waals surface area (Å²) in [5, 5.41) is 2.42. The van der Waals surface area contributed by atoms with Crippen LogP contribution in [0.25, 0.3) is 33.0 Å². The van der Waals surface area contributed by atoms with Gasteiger partial charge in [-0.25, -0.2) is 4.98 Å². The number of ether oxygens (including phenoxy) is 1. The zero-order chi connectivity index (χ0) is 37.1. The molecule has 7 aromatic carbocycles. The Morgan fingerprint density at radius 1 is 0.554 bits per heavy atom. The summed E-state index contributed by atoms with van der Waals surface area (Å²) in [6.07, 6.45) is 1.91. The van der Waals surface area contributed by atoms with Gasteiger partial charge in [0.25, 0.3) is 0 Å². The maximum absolute atomic E-state index is 6.66. The van der Waals surface area contributed by atoms with Crippen LogP contribution in [0.5, 0.6) is 11.5 Å². The van der Waals surface area contributed by atoms with Crippen molar-refractivity contribution in [2.24, 2.45) is 0 Å². The van der Waals surface area contributed by atoms with Crippen molar-refractivity contribution in [1.82, 2.24) is 4.98 Å². The summed E-state index contributed by atoms with van der Waals surface area (Å²) >= 11 is 0. The fourth-order valence-electron chi connectivity index (χ4n) is 7.72. The van der Waals surface area contributed by atoms with Gasteiger partial charge in [0, 0.05) is 61.4 Å². The molecule has 0 aliphatic carbocycles. The molecule has 5 nitrogen and oxygen atoms in total. The molecule has 0 amide bonds. The van der Waals surface area contributed by atoms with E-state index in [2.05, 4.69) is 194 Å². The van der Waals surface area contributed by atoms with Gasteiger partial charge in [-0.3, -0.25) is 0 Å². The first-order chi connectivity index (χ1) is 26.9. The number of anilines is 7. The number of rotatable bonds is 5. The Morgan fingerprint density at radius 3 is 2.00 bits per heavy atom. The van der Waals surface area contributed by atoms with Gasteiger partial charge in [0.15, 0.2) is 0 Å².